The van der Waals surface area contributed by atoms with Crippen LogP contribution in [0.4, 0.5) is 17.6 Å². The Kier molecular flexibility index (Phi) is 3.78. The number of hydrogen-bond acceptors (Lipinski definition) is 3. The second-order valence-corrected chi connectivity index (χ2v) is 2.86. The predicted octanol–water partition coefficient (Wildman–Crippen LogP) is 2.69. The standard InChI is InChI=1S/C7H6ClF4NO2/c8-1-4-2-14-6(13-4)15-3-7(11,12)5(9)10/h2,5H,1,3H2. The normalized spacial score (nSPS) is 12.1. The second kappa shape index (κ2) is 4.69. The number of ether oxygens (including phenoxy) is 1. The van der Waals surface area contributed by atoms with Crippen molar-refractivity contribution in [1.82, 2.24) is 4.98 Å². The van der Waals surface area contributed by atoms with Crippen molar-refractivity contribution in [2.24, 2.45) is 0 Å². The van der Waals surface area contributed by atoms with Gasteiger partial charge in [0.25, 0.3) is 0 Å². The van der Waals surface area contributed by atoms with Gasteiger partial charge in [0.05, 0.1) is 11.6 Å². The molecule has 1 aromatic heterocycles. The van der Waals surface area contributed by atoms with Gasteiger partial charge in [-0.25, -0.2) is 8.78 Å². The largest absolute Gasteiger partial charge is 0.444 e. The lowest BCUT2D eigenvalue weighted by Gasteiger charge is -2.13. The lowest BCUT2D eigenvalue weighted by molar-refractivity contribution is -0.151. The Bertz CT molecular complexity index is 318. The molecule has 0 atom stereocenters. The molecule has 0 N–H and O–H groups in total. The summed E-state index contributed by atoms with van der Waals surface area (Å²) in [4.78, 5) is 3.49. The molecule has 86 valence electrons. The molecule has 0 aliphatic rings. The maximum atomic E-state index is 12.4. The van der Waals surface area contributed by atoms with Crippen LogP contribution >= 0.6 is 11.6 Å². The molecule has 8 heteroatoms. The maximum Gasteiger partial charge on any atom is 0.393 e. The van der Waals surface area contributed by atoms with Crippen LogP contribution in [0.15, 0.2) is 10.7 Å². The van der Waals surface area contributed by atoms with Gasteiger partial charge in [-0.15, -0.1) is 11.6 Å². The third-order valence-corrected chi connectivity index (χ3v) is 1.65. The van der Waals surface area contributed by atoms with Gasteiger partial charge in [0, 0.05) is 0 Å². The van der Waals surface area contributed by atoms with Crippen LogP contribution in [-0.4, -0.2) is 23.9 Å². The molecule has 0 amide bonds. The van der Waals surface area contributed by atoms with Crippen LogP contribution in [-0.2, 0) is 5.88 Å². The minimum Gasteiger partial charge on any atom is -0.444 e. The average molecular weight is 248 g/mol. The molecule has 0 spiro atoms. The summed E-state index contributed by atoms with van der Waals surface area (Å²) >= 11 is 5.33. The van der Waals surface area contributed by atoms with E-state index in [2.05, 4.69) is 14.1 Å². The fourth-order valence-corrected chi connectivity index (χ4v) is 0.760. The van der Waals surface area contributed by atoms with Crippen LogP contribution in [0.5, 0.6) is 6.08 Å². The summed E-state index contributed by atoms with van der Waals surface area (Å²) in [6.45, 7) is -1.49. The van der Waals surface area contributed by atoms with Crippen molar-refractivity contribution in [2.45, 2.75) is 18.2 Å². The van der Waals surface area contributed by atoms with E-state index >= 15 is 0 Å². The molecule has 15 heavy (non-hydrogen) atoms. The minimum atomic E-state index is -4.23. The predicted molar refractivity (Wildman–Crippen MR) is 42.5 cm³/mol. The third-order valence-electron chi connectivity index (χ3n) is 1.37. The first-order valence-corrected chi connectivity index (χ1v) is 4.28. The van der Waals surface area contributed by atoms with E-state index in [1.54, 1.807) is 0 Å². The second-order valence-electron chi connectivity index (χ2n) is 2.59. The quantitative estimate of drug-likeness (QED) is 0.593. The number of halogens is 5. The fourth-order valence-electron chi connectivity index (χ4n) is 0.637. The van der Waals surface area contributed by atoms with E-state index in [9.17, 15) is 17.6 Å². The highest BCUT2D eigenvalue weighted by molar-refractivity contribution is 6.16. The Hall–Kier alpha value is -0.980. The van der Waals surface area contributed by atoms with Gasteiger partial charge in [0.1, 0.15) is 6.26 Å². The summed E-state index contributed by atoms with van der Waals surface area (Å²) in [7, 11) is 0. The molecule has 3 nitrogen and oxygen atoms in total. The van der Waals surface area contributed by atoms with Gasteiger partial charge in [0.2, 0.25) is 0 Å². The van der Waals surface area contributed by atoms with Crippen LogP contribution in [0.1, 0.15) is 5.69 Å². The van der Waals surface area contributed by atoms with Crippen molar-refractivity contribution in [3.05, 3.63) is 12.0 Å². The van der Waals surface area contributed by atoms with Crippen molar-refractivity contribution >= 4 is 11.6 Å². The van der Waals surface area contributed by atoms with Crippen LogP contribution in [0.3, 0.4) is 0 Å². The highest BCUT2D eigenvalue weighted by Gasteiger charge is 2.42. The summed E-state index contributed by atoms with van der Waals surface area (Å²) in [6.07, 6.45) is -3.21. The van der Waals surface area contributed by atoms with Gasteiger partial charge in [-0.1, -0.05) is 0 Å². The number of oxazole rings is 1. The summed E-state index contributed by atoms with van der Waals surface area (Å²) < 4.78 is 56.9. The van der Waals surface area contributed by atoms with Crippen molar-refractivity contribution in [1.29, 1.82) is 0 Å². The first-order valence-electron chi connectivity index (χ1n) is 3.75. The minimum absolute atomic E-state index is 0.0120. The molecule has 0 saturated heterocycles. The number of nitrogens with zero attached hydrogens (tertiary/aromatic N) is 1. The SMILES string of the molecule is FC(F)C(F)(F)COc1nc(CCl)co1. The lowest BCUT2D eigenvalue weighted by atomic mass is 10.4. The molecule has 0 radical (unpaired) electrons. The topological polar surface area (TPSA) is 35.3 Å². The van der Waals surface area contributed by atoms with E-state index in [-0.39, 0.29) is 11.6 Å². The zero-order valence-corrected chi connectivity index (χ0v) is 7.98. The Morgan fingerprint density at radius 2 is 2.20 bits per heavy atom. The van der Waals surface area contributed by atoms with Crippen molar-refractivity contribution < 1.29 is 26.7 Å². The third kappa shape index (κ3) is 3.26. The monoisotopic (exact) mass is 247 g/mol. The number of hydrogen-bond donors (Lipinski definition) is 0. The van der Waals surface area contributed by atoms with Crippen molar-refractivity contribution in [2.75, 3.05) is 6.61 Å². The zero-order valence-electron chi connectivity index (χ0n) is 7.22. The Morgan fingerprint density at radius 1 is 1.53 bits per heavy atom. The average Bonchev–Trinajstić information content (AvgIpc) is 2.62. The van der Waals surface area contributed by atoms with E-state index in [0.717, 1.165) is 6.26 Å². The number of aromatic nitrogens is 1. The molecule has 1 aromatic rings. The van der Waals surface area contributed by atoms with Gasteiger partial charge in [0.15, 0.2) is 6.61 Å². The molecule has 1 heterocycles. The lowest BCUT2D eigenvalue weighted by Crippen LogP contribution is -2.33. The van der Waals surface area contributed by atoms with E-state index in [0.29, 0.717) is 0 Å². The molecule has 0 aromatic carbocycles. The van der Waals surface area contributed by atoms with Crippen molar-refractivity contribution in [3.63, 3.8) is 0 Å². The van der Waals surface area contributed by atoms with Crippen LogP contribution < -0.4 is 4.74 Å². The highest BCUT2D eigenvalue weighted by Crippen LogP contribution is 2.24. The molecule has 0 fully saturated rings. The summed E-state index contributed by atoms with van der Waals surface area (Å²) in [5.74, 6) is -4.21. The summed E-state index contributed by atoms with van der Waals surface area (Å²) in [5.41, 5.74) is 0.270. The molecule has 0 unspecified atom stereocenters. The molecule has 0 bridgehead atoms. The molecule has 0 aliphatic heterocycles. The highest BCUT2D eigenvalue weighted by atomic mass is 35.5. The molecular weight excluding hydrogens is 242 g/mol. The first kappa shape index (κ1) is 12.1. The van der Waals surface area contributed by atoms with Crippen LogP contribution in [0.25, 0.3) is 0 Å². The smallest absolute Gasteiger partial charge is 0.393 e. The molecule has 1 rings (SSSR count). The van der Waals surface area contributed by atoms with E-state index in [4.69, 9.17) is 11.6 Å². The maximum absolute atomic E-state index is 12.4. The Morgan fingerprint density at radius 3 is 2.67 bits per heavy atom. The number of rotatable bonds is 5. The van der Waals surface area contributed by atoms with Gasteiger partial charge in [-0.2, -0.15) is 13.8 Å². The van der Waals surface area contributed by atoms with Gasteiger partial charge in [-0.3, -0.25) is 0 Å². The van der Waals surface area contributed by atoms with Gasteiger partial charge in [-0.05, 0) is 0 Å². The molecular formula is C7H6ClF4NO2. The molecule has 0 saturated carbocycles. The summed E-state index contributed by atoms with van der Waals surface area (Å²) in [5, 5.41) is 0. The Labute approximate surface area is 87.0 Å². The van der Waals surface area contributed by atoms with Gasteiger partial charge < -0.3 is 9.15 Å². The van der Waals surface area contributed by atoms with E-state index in [1.165, 1.54) is 0 Å². The molecule has 0 aliphatic carbocycles. The summed E-state index contributed by atoms with van der Waals surface area (Å²) in [6, 6.07) is 0. The van der Waals surface area contributed by atoms with E-state index in [1.807, 2.05) is 0 Å². The Balaban J connectivity index is 2.50. The van der Waals surface area contributed by atoms with Crippen molar-refractivity contribution in [3.8, 4) is 6.08 Å². The van der Waals surface area contributed by atoms with Gasteiger partial charge >= 0.3 is 18.4 Å². The van der Waals surface area contributed by atoms with Crippen LogP contribution in [0, 0.1) is 0 Å². The van der Waals surface area contributed by atoms with E-state index < -0.39 is 25.0 Å². The zero-order chi connectivity index (χ0) is 11.5. The van der Waals surface area contributed by atoms with Crippen LogP contribution in [0.2, 0.25) is 0 Å². The number of alkyl halides is 5. The fraction of sp³-hybridized carbons (Fsp3) is 0.571. The first-order chi connectivity index (χ1) is 6.95.